The first-order valence-corrected chi connectivity index (χ1v) is 11.9. The third-order valence-electron chi connectivity index (χ3n) is 5.34. The van der Waals surface area contributed by atoms with Crippen molar-refractivity contribution in [3.63, 3.8) is 0 Å². The zero-order chi connectivity index (χ0) is 23.3. The standard InChI is InChI=1S/C24H30N6S2/c1-7-30(8-2)24(31)32-23-28-21(25-19-11-9-15(3)17(5)13-19)27-22(29-23)26-20-12-10-16(4)18(6)14-20/h9-14H,7-8H2,1-6H3,(H2,25,26,27,28,29). The monoisotopic (exact) mass is 466 g/mol. The van der Waals surface area contributed by atoms with Crippen molar-refractivity contribution >= 4 is 51.6 Å². The van der Waals surface area contributed by atoms with E-state index in [2.05, 4.69) is 96.3 Å². The highest BCUT2D eigenvalue weighted by molar-refractivity contribution is 8.22. The second-order valence-corrected chi connectivity index (χ2v) is 9.25. The van der Waals surface area contributed by atoms with Gasteiger partial charge in [-0.3, -0.25) is 0 Å². The summed E-state index contributed by atoms with van der Waals surface area (Å²) in [6.07, 6.45) is 0. The normalized spacial score (nSPS) is 10.7. The van der Waals surface area contributed by atoms with Crippen LogP contribution in [0, 0.1) is 27.7 Å². The fourth-order valence-electron chi connectivity index (χ4n) is 3.03. The molecule has 0 amide bonds. The molecule has 0 saturated carbocycles. The Morgan fingerprint density at radius 3 is 1.66 bits per heavy atom. The van der Waals surface area contributed by atoms with Crippen molar-refractivity contribution in [3.05, 3.63) is 58.7 Å². The lowest BCUT2D eigenvalue weighted by atomic mass is 10.1. The summed E-state index contributed by atoms with van der Waals surface area (Å²) >= 11 is 6.99. The van der Waals surface area contributed by atoms with Crippen molar-refractivity contribution in [2.75, 3.05) is 23.7 Å². The summed E-state index contributed by atoms with van der Waals surface area (Å²) in [6, 6.07) is 12.4. The maximum atomic E-state index is 5.61. The molecule has 2 aromatic carbocycles. The molecule has 168 valence electrons. The lowest BCUT2D eigenvalue weighted by Crippen LogP contribution is -2.26. The van der Waals surface area contributed by atoms with Crippen LogP contribution in [0.25, 0.3) is 0 Å². The number of benzene rings is 2. The highest BCUT2D eigenvalue weighted by Crippen LogP contribution is 2.25. The number of anilines is 4. The third kappa shape index (κ3) is 6.17. The average molecular weight is 467 g/mol. The average Bonchev–Trinajstić information content (AvgIpc) is 2.74. The SMILES string of the molecule is CCN(CC)C(=S)Sc1nc(Nc2ccc(C)c(C)c2)nc(Nc2ccc(C)c(C)c2)n1. The molecule has 0 atom stereocenters. The Bertz CT molecular complexity index is 1040. The smallest absolute Gasteiger partial charge is 0.233 e. The first kappa shape index (κ1) is 23.9. The molecular formula is C24H30N6S2. The van der Waals surface area contributed by atoms with Crippen molar-refractivity contribution in [2.24, 2.45) is 0 Å². The fourth-order valence-corrected chi connectivity index (χ4v) is 4.32. The molecule has 1 heterocycles. The lowest BCUT2D eigenvalue weighted by molar-refractivity contribution is 0.482. The highest BCUT2D eigenvalue weighted by Gasteiger charge is 2.14. The van der Waals surface area contributed by atoms with E-state index in [4.69, 9.17) is 12.2 Å². The molecule has 0 aliphatic heterocycles. The molecule has 6 nitrogen and oxygen atoms in total. The summed E-state index contributed by atoms with van der Waals surface area (Å²) in [5.74, 6) is 0.943. The first-order valence-electron chi connectivity index (χ1n) is 10.7. The van der Waals surface area contributed by atoms with Gasteiger partial charge < -0.3 is 15.5 Å². The van der Waals surface area contributed by atoms with E-state index in [-0.39, 0.29) is 0 Å². The predicted molar refractivity (Wildman–Crippen MR) is 140 cm³/mol. The molecule has 0 aliphatic rings. The van der Waals surface area contributed by atoms with Gasteiger partial charge in [0.05, 0.1) is 0 Å². The van der Waals surface area contributed by atoms with E-state index in [1.165, 1.54) is 34.0 Å². The summed E-state index contributed by atoms with van der Waals surface area (Å²) in [7, 11) is 0. The van der Waals surface area contributed by atoms with Gasteiger partial charge >= 0.3 is 0 Å². The number of thiocarbonyl (C=S) groups is 1. The van der Waals surface area contributed by atoms with Gasteiger partial charge in [0.1, 0.15) is 4.32 Å². The van der Waals surface area contributed by atoms with Crippen molar-refractivity contribution < 1.29 is 0 Å². The van der Waals surface area contributed by atoms with Crippen LogP contribution in [-0.2, 0) is 0 Å². The van der Waals surface area contributed by atoms with Crippen LogP contribution in [-0.4, -0.2) is 37.3 Å². The van der Waals surface area contributed by atoms with E-state index in [1.54, 1.807) is 0 Å². The Kier molecular flexibility index (Phi) is 8.04. The van der Waals surface area contributed by atoms with Gasteiger partial charge in [-0.1, -0.05) is 24.4 Å². The Balaban J connectivity index is 1.93. The van der Waals surface area contributed by atoms with Gasteiger partial charge in [-0.05, 0) is 99.8 Å². The second kappa shape index (κ2) is 10.7. The molecule has 3 rings (SSSR count). The lowest BCUT2D eigenvalue weighted by Gasteiger charge is -2.20. The minimum atomic E-state index is 0.472. The Morgan fingerprint density at radius 1 is 0.781 bits per heavy atom. The number of nitrogens with one attached hydrogen (secondary N) is 2. The zero-order valence-electron chi connectivity index (χ0n) is 19.5. The Morgan fingerprint density at radius 2 is 1.25 bits per heavy atom. The third-order valence-corrected chi connectivity index (χ3v) is 6.65. The van der Waals surface area contributed by atoms with Gasteiger partial charge in [-0.15, -0.1) is 0 Å². The van der Waals surface area contributed by atoms with Crippen LogP contribution < -0.4 is 10.6 Å². The summed E-state index contributed by atoms with van der Waals surface area (Å²) in [5.41, 5.74) is 6.75. The number of nitrogens with zero attached hydrogens (tertiary/aromatic N) is 4. The molecule has 1 aromatic heterocycles. The Labute approximate surface area is 200 Å². The van der Waals surface area contributed by atoms with Gasteiger partial charge in [-0.2, -0.15) is 15.0 Å². The van der Waals surface area contributed by atoms with Crippen LogP contribution in [0.3, 0.4) is 0 Å². The number of thioether (sulfide) groups is 1. The van der Waals surface area contributed by atoms with Crippen LogP contribution in [0.15, 0.2) is 41.6 Å². The van der Waals surface area contributed by atoms with E-state index in [1.807, 2.05) is 12.1 Å². The number of aryl methyl sites for hydroxylation is 4. The summed E-state index contributed by atoms with van der Waals surface area (Å²) < 4.78 is 0.746. The van der Waals surface area contributed by atoms with E-state index < -0.39 is 0 Å². The fraction of sp³-hybridized carbons (Fsp3) is 0.333. The van der Waals surface area contributed by atoms with Gasteiger partial charge in [0.25, 0.3) is 0 Å². The highest BCUT2D eigenvalue weighted by atomic mass is 32.2. The van der Waals surface area contributed by atoms with Crippen molar-refractivity contribution in [2.45, 2.75) is 46.7 Å². The molecule has 0 bridgehead atoms. The van der Waals surface area contributed by atoms with Crippen LogP contribution in [0.5, 0.6) is 0 Å². The summed E-state index contributed by atoms with van der Waals surface area (Å²) in [4.78, 5) is 16.0. The molecule has 3 aromatic rings. The zero-order valence-corrected chi connectivity index (χ0v) is 21.1. The molecule has 32 heavy (non-hydrogen) atoms. The minimum Gasteiger partial charge on any atom is -0.358 e. The van der Waals surface area contributed by atoms with Crippen LogP contribution in [0.4, 0.5) is 23.3 Å². The molecule has 0 unspecified atom stereocenters. The van der Waals surface area contributed by atoms with Crippen LogP contribution in [0.2, 0.25) is 0 Å². The first-order chi connectivity index (χ1) is 15.3. The molecule has 0 saturated heterocycles. The van der Waals surface area contributed by atoms with E-state index in [9.17, 15) is 0 Å². The molecule has 0 radical (unpaired) electrons. The molecule has 0 aliphatic carbocycles. The molecule has 0 fully saturated rings. The maximum Gasteiger partial charge on any atom is 0.233 e. The summed E-state index contributed by atoms with van der Waals surface area (Å²) in [6.45, 7) is 14.2. The number of aromatic nitrogens is 3. The van der Waals surface area contributed by atoms with Gasteiger partial charge in [0.2, 0.25) is 17.1 Å². The van der Waals surface area contributed by atoms with E-state index >= 15 is 0 Å². The van der Waals surface area contributed by atoms with E-state index in [0.29, 0.717) is 17.1 Å². The number of hydrogen-bond acceptors (Lipinski definition) is 7. The van der Waals surface area contributed by atoms with Crippen molar-refractivity contribution in [1.29, 1.82) is 0 Å². The largest absolute Gasteiger partial charge is 0.358 e. The van der Waals surface area contributed by atoms with Gasteiger partial charge in [0, 0.05) is 24.5 Å². The van der Waals surface area contributed by atoms with Crippen molar-refractivity contribution in [1.82, 2.24) is 19.9 Å². The molecule has 8 heteroatoms. The Hall–Kier alpha value is -2.71. The van der Waals surface area contributed by atoms with Crippen LogP contribution >= 0.6 is 24.0 Å². The van der Waals surface area contributed by atoms with Gasteiger partial charge in [0.15, 0.2) is 0 Å². The molecule has 2 N–H and O–H groups in total. The predicted octanol–water partition coefficient (Wildman–Crippen LogP) is 6.31. The van der Waals surface area contributed by atoms with Gasteiger partial charge in [-0.25, -0.2) is 0 Å². The molecule has 0 spiro atoms. The minimum absolute atomic E-state index is 0.472. The maximum absolute atomic E-state index is 5.61. The summed E-state index contributed by atoms with van der Waals surface area (Å²) in [5, 5.41) is 7.18. The second-order valence-electron chi connectivity index (χ2n) is 7.65. The quantitative estimate of drug-likeness (QED) is 0.310. The molecular weight excluding hydrogens is 436 g/mol. The number of rotatable bonds is 7. The van der Waals surface area contributed by atoms with Crippen LogP contribution in [0.1, 0.15) is 36.1 Å². The number of hydrogen-bond donors (Lipinski definition) is 2. The van der Waals surface area contributed by atoms with E-state index in [0.717, 1.165) is 28.8 Å². The van der Waals surface area contributed by atoms with Crippen molar-refractivity contribution in [3.8, 4) is 0 Å². The topological polar surface area (TPSA) is 66.0 Å².